The number of nitrogens with zero attached hydrogens (tertiary/aromatic N) is 1. The Morgan fingerprint density at radius 3 is 2.45 bits per heavy atom. The molecule has 1 aliphatic rings. The Morgan fingerprint density at radius 1 is 1.25 bits per heavy atom. The molecule has 2 amide bonds. The molecule has 1 N–H and O–H groups in total. The Kier molecular flexibility index (Phi) is 10.4. The molecule has 0 aliphatic carbocycles. The molecule has 0 bridgehead atoms. The van der Waals surface area contributed by atoms with Crippen LogP contribution in [-0.2, 0) is 9.59 Å². The van der Waals surface area contributed by atoms with Gasteiger partial charge in [-0.05, 0) is 37.2 Å². The van der Waals surface area contributed by atoms with E-state index in [1.807, 2.05) is 18.7 Å². The quantitative estimate of drug-likeness (QED) is 0.296. The first kappa shape index (κ1) is 20.4. The molecule has 4 nitrogen and oxygen atoms in total. The van der Waals surface area contributed by atoms with Crippen molar-refractivity contribution in [2.45, 2.75) is 46.0 Å². The Morgan fingerprint density at radius 2 is 1.90 bits per heavy atom. The largest absolute Gasteiger partial charge is 1.00 e. The van der Waals surface area contributed by atoms with E-state index in [0.717, 1.165) is 17.9 Å². The predicted octanol–water partition coefficient (Wildman–Crippen LogP) is 0.0153. The maximum atomic E-state index is 12.0. The third-order valence-electron chi connectivity index (χ3n) is 3.41. The topological polar surface area (TPSA) is 60.3 Å². The minimum atomic E-state index is -0.992. The average molecular weight is 324 g/mol. The van der Waals surface area contributed by atoms with E-state index in [1.165, 1.54) is 12.8 Å². The van der Waals surface area contributed by atoms with Crippen LogP contribution >= 0.6 is 24.0 Å². The first-order valence-corrected chi connectivity index (χ1v) is 8.32. The Hall–Kier alpha value is 0.380. The van der Waals surface area contributed by atoms with E-state index in [2.05, 4.69) is 17.6 Å². The van der Waals surface area contributed by atoms with E-state index in [-0.39, 0.29) is 46.5 Å². The van der Waals surface area contributed by atoms with Crippen LogP contribution in [0.2, 0.25) is 0 Å². The number of rotatable bonds is 8. The SMILES string of the molecule is CCCCSCCCC1(CC)C(=O)[N-]C(=S)NC1=O.[Na+]. The van der Waals surface area contributed by atoms with Gasteiger partial charge in [0.25, 0.3) is 0 Å². The summed E-state index contributed by atoms with van der Waals surface area (Å²) in [4.78, 5) is 24.1. The molecule has 1 fully saturated rings. The molecular formula is C13H21N2NaO2S2. The smallest absolute Gasteiger partial charge is 0.418 e. The molecule has 108 valence electrons. The van der Waals surface area contributed by atoms with Crippen LogP contribution in [0.3, 0.4) is 0 Å². The Bertz CT molecular complexity index is 344. The molecule has 1 atom stereocenters. The van der Waals surface area contributed by atoms with Crippen LogP contribution < -0.4 is 34.9 Å². The molecular weight excluding hydrogens is 303 g/mol. The molecule has 0 aromatic rings. The van der Waals surface area contributed by atoms with E-state index in [0.29, 0.717) is 12.8 Å². The van der Waals surface area contributed by atoms with Gasteiger partial charge >= 0.3 is 29.6 Å². The normalized spacial score (nSPS) is 22.0. The fourth-order valence-electron chi connectivity index (χ4n) is 2.07. The third-order valence-corrected chi connectivity index (χ3v) is 4.75. The number of amides is 2. The van der Waals surface area contributed by atoms with Gasteiger partial charge in [-0.25, -0.2) is 0 Å². The number of unbranched alkanes of at least 4 members (excludes halogenated alkanes) is 1. The van der Waals surface area contributed by atoms with Gasteiger partial charge in [0.2, 0.25) is 0 Å². The van der Waals surface area contributed by atoms with Crippen LogP contribution in [0.15, 0.2) is 0 Å². The molecule has 7 heteroatoms. The molecule has 0 spiro atoms. The molecule has 0 radical (unpaired) electrons. The maximum Gasteiger partial charge on any atom is 1.00 e. The molecule has 1 rings (SSSR count). The number of hydrogen-bond donors (Lipinski definition) is 1. The first-order chi connectivity index (χ1) is 9.06. The molecule has 1 saturated heterocycles. The summed E-state index contributed by atoms with van der Waals surface area (Å²) in [6, 6.07) is 0. The number of nitrogens with one attached hydrogen (secondary N) is 1. The van der Waals surface area contributed by atoms with Crippen molar-refractivity contribution in [2.24, 2.45) is 5.41 Å². The van der Waals surface area contributed by atoms with Gasteiger partial charge in [0.05, 0.1) is 5.41 Å². The zero-order chi connectivity index (χ0) is 14.3. The molecule has 1 heterocycles. The van der Waals surface area contributed by atoms with Crippen molar-refractivity contribution in [3.63, 3.8) is 0 Å². The van der Waals surface area contributed by atoms with E-state index in [4.69, 9.17) is 12.2 Å². The molecule has 0 saturated carbocycles. The minimum Gasteiger partial charge on any atom is -0.418 e. The summed E-state index contributed by atoms with van der Waals surface area (Å²) in [6.45, 7) is 4.02. The van der Waals surface area contributed by atoms with Crippen LogP contribution in [0.25, 0.3) is 5.32 Å². The van der Waals surface area contributed by atoms with E-state index >= 15 is 0 Å². The summed E-state index contributed by atoms with van der Waals surface area (Å²) in [6.07, 6.45) is 4.29. The molecule has 0 aromatic carbocycles. The maximum absolute atomic E-state index is 12.0. The third kappa shape index (κ3) is 5.30. The summed E-state index contributed by atoms with van der Waals surface area (Å²) < 4.78 is 0. The summed E-state index contributed by atoms with van der Waals surface area (Å²) in [5.41, 5.74) is -0.992. The van der Waals surface area contributed by atoms with Gasteiger partial charge in [-0.3, -0.25) is 9.59 Å². The van der Waals surface area contributed by atoms with E-state index in [1.54, 1.807) is 0 Å². The van der Waals surface area contributed by atoms with Crippen LogP contribution in [-0.4, -0.2) is 28.4 Å². The molecule has 1 unspecified atom stereocenters. The molecule has 1 aliphatic heterocycles. The molecule has 20 heavy (non-hydrogen) atoms. The van der Waals surface area contributed by atoms with Crippen molar-refractivity contribution < 1.29 is 39.1 Å². The van der Waals surface area contributed by atoms with Crippen LogP contribution in [0.1, 0.15) is 46.0 Å². The second-order valence-corrected chi connectivity index (χ2v) is 6.29. The van der Waals surface area contributed by atoms with Gasteiger partial charge in [0.1, 0.15) is 0 Å². The summed E-state index contributed by atoms with van der Waals surface area (Å²) in [5.74, 6) is 1.47. The monoisotopic (exact) mass is 324 g/mol. The average Bonchev–Trinajstić information content (AvgIpc) is 2.36. The molecule has 0 aromatic heterocycles. The number of thioether (sulfide) groups is 1. The minimum absolute atomic E-state index is 0. The second kappa shape index (κ2) is 10.2. The van der Waals surface area contributed by atoms with Crippen molar-refractivity contribution in [2.75, 3.05) is 11.5 Å². The van der Waals surface area contributed by atoms with E-state index < -0.39 is 5.41 Å². The summed E-state index contributed by atoms with van der Waals surface area (Å²) >= 11 is 6.65. The van der Waals surface area contributed by atoms with Gasteiger partial charge in [0.15, 0.2) is 11.8 Å². The fourth-order valence-corrected chi connectivity index (χ4v) is 3.30. The van der Waals surface area contributed by atoms with Crippen molar-refractivity contribution in [1.29, 1.82) is 0 Å². The van der Waals surface area contributed by atoms with Crippen molar-refractivity contribution in [3.05, 3.63) is 5.32 Å². The van der Waals surface area contributed by atoms with Crippen molar-refractivity contribution in [1.82, 2.24) is 5.32 Å². The van der Waals surface area contributed by atoms with Crippen LogP contribution in [0, 0.1) is 5.41 Å². The van der Waals surface area contributed by atoms with Crippen molar-refractivity contribution in [3.8, 4) is 0 Å². The van der Waals surface area contributed by atoms with Crippen LogP contribution in [0.5, 0.6) is 0 Å². The van der Waals surface area contributed by atoms with Gasteiger partial charge in [-0.2, -0.15) is 11.8 Å². The van der Waals surface area contributed by atoms with Crippen LogP contribution in [0.4, 0.5) is 0 Å². The number of carbonyl (C=O) groups excluding carboxylic acids is 2. The van der Waals surface area contributed by atoms with E-state index in [9.17, 15) is 9.59 Å². The standard InChI is InChI=1S/C13H22N2O2S2.Na/c1-3-5-8-19-9-6-7-13(4-2)10(16)14-12(18)15-11(13)17;/h3-9H2,1-2H3,(H2,14,15,16,17,18);/q;+1/p-1. The van der Waals surface area contributed by atoms with Gasteiger partial charge in [-0.15, -0.1) is 0 Å². The van der Waals surface area contributed by atoms with Gasteiger partial charge < -0.3 is 10.6 Å². The number of thiocarbonyl (C=S) groups is 1. The predicted molar refractivity (Wildman–Crippen MR) is 83.3 cm³/mol. The van der Waals surface area contributed by atoms with Gasteiger partial charge in [0, 0.05) is 5.11 Å². The number of hydrogen-bond acceptors (Lipinski definition) is 4. The zero-order valence-corrected chi connectivity index (χ0v) is 16.2. The second-order valence-electron chi connectivity index (χ2n) is 4.68. The van der Waals surface area contributed by atoms with Gasteiger partial charge in [-0.1, -0.05) is 32.5 Å². The number of carbonyl (C=O) groups is 2. The Balaban J connectivity index is 0.00000361. The summed E-state index contributed by atoms with van der Waals surface area (Å²) in [7, 11) is 0. The Labute approximate surface area is 152 Å². The zero-order valence-electron chi connectivity index (χ0n) is 12.5. The summed E-state index contributed by atoms with van der Waals surface area (Å²) in [5, 5.41) is 6.25. The first-order valence-electron chi connectivity index (χ1n) is 6.76. The van der Waals surface area contributed by atoms with Crippen molar-refractivity contribution >= 4 is 40.9 Å². The fraction of sp³-hybridized carbons (Fsp3) is 0.769.